The number of rotatable bonds is 6. The van der Waals surface area contributed by atoms with E-state index in [0.717, 1.165) is 0 Å². The van der Waals surface area contributed by atoms with Crippen molar-refractivity contribution in [2.45, 2.75) is 20.8 Å². The molecule has 8 heteroatoms. The van der Waals surface area contributed by atoms with Crippen molar-refractivity contribution >= 4 is 35.1 Å². The first-order valence-corrected chi connectivity index (χ1v) is 8.30. The molecule has 2 aromatic rings. The smallest absolute Gasteiger partial charge is 0.355 e. The number of anilines is 1. The number of hydrogen-bond donors (Lipinski definition) is 2. The zero-order chi connectivity index (χ0) is 19.3. The predicted molar refractivity (Wildman–Crippen MR) is 96.6 cm³/mol. The highest BCUT2D eigenvalue weighted by atomic mass is 35.5. The normalized spacial score (nSPS) is 10.3. The molecular formula is C18H19ClN2O5. The highest BCUT2D eigenvalue weighted by Gasteiger charge is 2.24. The van der Waals surface area contributed by atoms with Crippen LogP contribution in [0.3, 0.4) is 0 Å². The molecule has 0 saturated heterocycles. The Morgan fingerprint density at radius 1 is 1.08 bits per heavy atom. The fourth-order valence-corrected chi connectivity index (χ4v) is 2.52. The predicted octanol–water partition coefficient (Wildman–Crippen LogP) is 3.26. The Bertz CT molecular complexity index is 827. The summed E-state index contributed by atoms with van der Waals surface area (Å²) in [7, 11) is 0. The molecule has 0 bridgehead atoms. The van der Waals surface area contributed by atoms with E-state index in [0.29, 0.717) is 22.0 Å². The average molecular weight is 379 g/mol. The molecule has 1 aromatic heterocycles. The molecule has 1 amide bonds. The number of aryl methyl sites for hydroxylation is 1. The van der Waals surface area contributed by atoms with Gasteiger partial charge in [0.25, 0.3) is 5.91 Å². The molecule has 7 nitrogen and oxygen atoms in total. The van der Waals surface area contributed by atoms with Crippen LogP contribution >= 0.6 is 11.6 Å². The molecule has 0 radical (unpaired) electrons. The zero-order valence-electron chi connectivity index (χ0n) is 14.6. The lowest BCUT2D eigenvalue weighted by Gasteiger charge is -2.07. The highest BCUT2D eigenvalue weighted by Crippen LogP contribution is 2.20. The number of H-pyrrole nitrogens is 1. The second-order valence-electron chi connectivity index (χ2n) is 5.48. The zero-order valence-corrected chi connectivity index (χ0v) is 15.4. The fraction of sp³-hybridized carbons (Fsp3) is 0.278. The largest absolute Gasteiger partial charge is 0.461 e. The number of aromatic amines is 1. The molecule has 2 rings (SSSR count). The van der Waals surface area contributed by atoms with E-state index < -0.39 is 24.5 Å². The van der Waals surface area contributed by atoms with Gasteiger partial charge < -0.3 is 19.8 Å². The van der Waals surface area contributed by atoms with Crippen LogP contribution in [0.15, 0.2) is 24.3 Å². The van der Waals surface area contributed by atoms with Crippen molar-refractivity contribution in [3.8, 4) is 0 Å². The maximum Gasteiger partial charge on any atom is 0.355 e. The van der Waals surface area contributed by atoms with Gasteiger partial charge in [0, 0.05) is 16.4 Å². The molecule has 1 heterocycles. The van der Waals surface area contributed by atoms with Gasteiger partial charge >= 0.3 is 11.9 Å². The summed E-state index contributed by atoms with van der Waals surface area (Å²) in [4.78, 5) is 38.9. The lowest BCUT2D eigenvalue weighted by molar-refractivity contribution is -0.119. The van der Waals surface area contributed by atoms with Crippen molar-refractivity contribution in [2.75, 3.05) is 18.5 Å². The first kappa shape index (κ1) is 19.5. The number of esters is 2. The number of nitrogens with one attached hydrogen (secondary N) is 2. The van der Waals surface area contributed by atoms with Crippen molar-refractivity contribution < 1.29 is 23.9 Å². The number of carbonyl (C=O) groups is 3. The van der Waals surface area contributed by atoms with E-state index in [-0.39, 0.29) is 17.9 Å². The number of hydrogen-bond acceptors (Lipinski definition) is 5. The molecule has 2 N–H and O–H groups in total. The molecule has 0 aliphatic rings. The van der Waals surface area contributed by atoms with Crippen LogP contribution in [0.4, 0.5) is 5.69 Å². The molecule has 1 aromatic carbocycles. The fourth-order valence-electron chi connectivity index (χ4n) is 2.40. The van der Waals surface area contributed by atoms with Gasteiger partial charge in [-0.05, 0) is 50.6 Å². The molecule has 138 valence electrons. The molecule has 0 saturated carbocycles. The van der Waals surface area contributed by atoms with E-state index in [1.54, 1.807) is 45.0 Å². The van der Waals surface area contributed by atoms with E-state index in [2.05, 4.69) is 10.3 Å². The number of halogens is 1. The number of carbonyl (C=O) groups excluding carboxylic acids is 3. The lowest BCUT2D eigenvalue weighted by atomic mass is 10.1. The summed E-state index contributed by atoms with van der Waals surface area (Å²) in [5, 5.41) is 3.14. The molecule has 26 heavy (non-hydrogen) atoms. The molecule has 0 atom stereocenters. The molecule has 0 unspecified atom stereocenters. The Hall–Kier alpha value is -2.80. The van der Waals surface area contributed by atoms with Gasteiger partial charge in [0.2, 0.25) is 0 Å². The third kappa shape index (κ3) is 4.64. The van der Waals surface area contributed by atoms with Crippen LogP contribution in [-0.2, 0) is 14.3 Å². The lowest BCUT2D eigenvalue weighted by Crippen LogP contribution is -2.21. The Morgan fingerprint density at radius 3 is 2.35 bits per heavy atom. The standard InChI is InChI=1S/C18H19ClN2O5/c1-4-25-18(24)16-10(2)15(11(3)20-16)17(23)26-9-14(22)21-13-7-5-12(19)6-8-13/h5-8,20H,4,9H2,1-3H3,(H,21,22). The topological polar surface area (TPSA) is 97.5 Å². The van der Waals surface area contributed by atoms with E-state index in [1.807, 2.05) is 0 Å². The summed E-state index contributed by atoms with van der Waals surface area (Å²) in [6.07, 6.45) is 0. The van der Waals surface area contributed by atoms with Gasteiger partial charge in [-0.3, -0.25) is 4.79 Å². The highest BCUT2D eigenvalue weighted by molar-refractivity contribution is 6.30. The third-order valence-corrected chi connectivity index (χ3v) is 3.84. The van der Waals surface area contributed by atoms with Gasteiger partial charge in [-0.25, -0.2) is 9.59 Å². The van der Waals surface area contributed by atoms with Gasteiger partial charge in [-0.2, -0.15) is 0 Å². The number of benzene rings is 1. The maximum atomic E-state index is 12.3. The van der Waals surface area contributed by atoms with Crippen molar-refractivity contribution in [3.63, 3.8) is 0 Å². The third-order valence-electron chi connectivity index (χ3n) is 3.58. The van der Waals surface area contributed by atoms with Crippen LogP contribution in [0.25, 0.3) is 0 Å². The van der Waals surface area contributed by atoms with Crippen LogP contribution in [0, 0.1) is 13.8 Å². The molecule has 0 aliphatic heterocycles. The van der Waals surface area contributed by atoms with Crippen LogP contribution in [0.5, 0.6) is 0 Å². The van der Waals surface area contributed by atoms with Crippen LogP contribution in [0.1, 0.15) is 39.0 Å². The Morgan fingerprint density at radius 2 is 1.73 bits per heavy atom. The molecular weight excluding hydrogens is 360 g/mol. The van der Waals surface area contributed by atoms with Gasteiger partial charge in [0.15, 0.2) is 6.61 Å². The van der Waals surface area contributed by atoms with Crippen molar-refractivity contribution in [1.82, 2.24) is 4.98 Å². The summed E-state index contributed by atoms with van der Waals surface area (Å²) < 4.78 is 9.99. The molecule has 0 fully saturated rings. The van der Waals surface area contributed by atoms with E-state index in [9.17, 15) is 14.4 Å². The van der Waals surface area contributed by atoms with Crippen molar-refractivity contribution in [3.05, 3.63) is 51.8 Å². The quantitative estimate of drug-likeness (QED) is 0.752. The van der Waals surface area contributed by atoms with Crippen molar-refractivity contribution in [1.29, 1.82) is 0 Å². The summed E-state index contributed by atoms with van der Waals surface area (Å²) in [6.45, 7) is 4.71. The Labute approximate surface area is 155 Å². The average Bonchev–Trinajstić information content (AvgIpc) is 2.90. The van der Waals surface area contributed by atoms with E-state index in [1.165, 1.54) is 0 Å². The van der Waals surface area contributed by atoms with Gasteiger partial charge in [-0.15, -0.1) is 0 Å². The van der Waals surface area contributed by atoms with Gasteiger partial charge in [0.1, 0.15) is 5.69 Å². The Balaban J connectivity index is 2.00. The summed E-state index contributed by atoms with van der Waals surface area (Å²) in [5.41, 5.74) is 1.83. The summed E-state index contributed by atoms with van der Waals surface area (Å²) in [6, 6.07) is 6.53. The van der Waals surface area contributed by atoms with Gasteiger partial charge in [-0.1, -0.05) is 11.6 Å². The van der Waals surface area contributed by atoms with E-state index in [4.69, 9.17) is 21.1 Å². The first-order chi connectivity index (χ1) is 12.3. The summed E-state index contributed by atoms with van der Waals surface area (Å²) >= 11 is 5.77. The molecule has 0 spiro atoms. The van der Waals surface area contributed by atoms with Crippen LogP contribution < -0.4 is 5.32 Å². The van der Waals surface area contributed by atoms with E-state index >= 15 is 0 Å². The van der Waals surface area contributed by atoms with Crippen LogP contribution in [0.2, 0.25) is 5.02 Å². The minimum Gasteiger partial charge on any atom is -0.461 e. The number of ether oxygens (including phenoxy) is 2. The Kier molecular flexibility index (Phi) is 6.41. The minimum atomic E-state index is -0.696. The number of amides is 1. The second kappa shape index (κ2) is 8.53. The maximum absolute atomic E-state index is 12.3. The monoisotopic (exact) mass is 378 g/mol. The van der Waals surface area contributed by atoms with Gasteiger partial charge in [0.05, 0.1) is 12.2 Å². The van der Waals surface area contributed by atoms with Crippen molar-refractivity contribution in [2.24, 2.45) is 0 Å². The minimum absolute atomic E-state index is 0.196. The second-order valence-corrected chi connectivity index (χ2v) is 5.91. The van der Waals surface area contributed by atoms with Crippen LogP contribution in [-0.4, -0.2) is 36.0 Å². The number of aromatic nitrogens is 1. The molecule has 0 aliphatic carbocycles. The SMILES string of the molecule is CCOC(=O)c1[nH]c(C)c(C(=O)OCC(=O)Nc2ccc(Cl)cc2)c1C. The summed E-state index contributed by atoms with van der Waals surface area (Å²) in [5.74, 6) is -1.73. The first-order valence-electron chi connectivity index (χ1n) is 7.92.